The summed E-state index contributed by atoms with van der Waals surface area (Å²) in [6.07, 6.45) is 3.27. The van der Waals surface area contributed by atoms with Gasteiger partial charge in [-0.1, -0.05) is 26.8 Å². The van der Waals surface area contributed by atoms with Crippen molar-refractivity contribution >= 4 is 22.0 Å². The van der Waals surface area contributed by atoms with Gasteiger partial charge in [0.15, 0.2) is 5.13 Å². The van der Waals surface area contributed by atoms with Gasteiger partial charge in [-0.25, -0.2) is 4.98 Å². The van der Waals surface area contributed by atoms with Crippen molar-refractivity contribution in [1.82, 2.24) is 4.98 Å². The average Bonchev–Trinajstić information content (AvgIpc) is 2.46. The Bertz CT molecular complexity index is 300. The van der Waals surface area contributed by atoms with Crippen LogP contribution in [0.15, 0.2) is 11.5 Å². The molecular formula is C10H16N2S. The summed E-state index contributed by atoms with van der Waals surface area (Å²) < 4.78 is 0. The van der Waals surface area contributed by atoms with Crippen LogP contribution in [0, 0.1) is 5.92 Å². The van der Waals surface area contributed by atoms with Gasteiger partial charge in [-0.2, -0.15) is 0 Å². The molecule has 0 aromatic carbocycles. The third-order valence-corrected chi connectivity index (χ3v) is 2.54. The first-order valence-electron chi connectivity index (χ1n) is 4.56. The number of nitrogens with two attached hydrogens (primary N) is 1. The predicted octanol–water partition coefficient (Wildman–Crippen LogP) is 3.17. The zero-order valence-corrected chi connectivity index (χ0v) is 9.19. The van der Waals surface area contributed by atoms with E-state index in [1.54, 1.807) is 0 Å². The molecule has 1 rings (SSSR count). The van der Waals surface area contributed by atoms with E-state index in [-0.39, 0.29) is 0 Å². The highest BCUT2D eigenvalue weighted by Gasteiger charge is 2.08. The summed E-state index contributed by atoms with van der Waals surface area (Å²) in [5, 5.41) is 2.68. The fourth-order valence-corrected chi connectivity index (χ4v) is 1.85. The Hall–Kier alpha value is -0.830. The summed E-state index contributed by atoms with van der Waals surface area (Å²) >= 11 is 1.50. The van der Waals surface area contributed by atoms with E-state index >= 15 is 0 Å². The zero-order chi connectivity index (χ0) is 9.84. The lowest BCUT2D eigenvalue weighted by atomic mass is 10.00. The molecule has 3 heteroatoms. The molecule has 0 saturated heterocycles. The molecule has 2 nitrogen and oxygen atoms in total. The summed E-state index contributed by atoms with van der Waals surface area (Å²) in [5.74, 6) is 0.515. The maximum atomic E-state index is 5.59. The molecule has 0 atom stereocenters. The number of hydrogen-bond acceptors (Lipinski definition) is 3. The van der Waals surface area contributed by atoms with Crippen molar-refractivity contribution in [3.05, 3.63) is 17.2 Å². The molecule has 0 unspecified atom stereocenters. The lowest BCUT2D eigenvalue weighted by molar-refractivity contribution is 0.845. The SMILES string of the molecule is CC/C=C(/c1csc(N)n1)C(C)C. The van der Waals surface area contributed by atoms with E-state index in [1.807, 2.05) is 5.38 Å². The highest BCUT2D eigenvalue weighted by atomic mass is 32.1. The number of nitrogens with zero attached hydrogens (tertiary/aromatic N) is 1. The zero-order valence-electron chi connectivity index (χ0n) is 8.37. The van der Waals surface area contributed by atoms with Crippen molar-refractivity contribution in [2.45, 2.75) is 27.2 Å². The van der Waals surface area contributed by atoms with Gasteiger partial charge in [-0.15, -0.1) is 11.3 Å². The molecule has 1 aromatic heterocycles. The average molecular weight is 196 g/mol. The standard InChI is InChI=1S/C10H16N2S/c1-4-5-8(7(2)3)9-6-13-10(11)12-9/h5-7H,4H2,1-3H3,(H2,11,12)/b8-5+. The molecule has 1 aromatic rings. The second-order valence-corrected chi connectivity index (χ2v) is 4.18. The molecule has 0 radical (unpaired) electrons. The van der Waals surface area contributed by atoms with Crippen LogP contribution < -0.4 is 5.73 Å². The Morgan fingerprint density at radius 2 is 2.38 bits per heavy atom. The van der Waals surface area contributed by atoms with Gasteiger partial charge < -0.3 is 5.73 Å². The Kier molecular flexibility index (Phi) is 3.48. The van der Waals surface area contributed by atoms with E-state index in [4.69, 9.17) is 5.73 Å². The summed E-state index contributed by atoms with van der Waals surface area (Å²) in [5.41, 5.74) is 7.94. The van der Waals surface area contributed by atoms with Crippen molar-refractivity contribution in [2.24, 2.45) is 5.92 Å². The normalized spacial score (nSPS) is 12.5. The summed E-state index contributed by atoms with van der Waals surface area (Å²) in [6.45, 7) is 6.49. The lowest BCUT2D eigenvalue weighted by Gasteiger charge is -2.07. The number of thiazole rings is 1. The first kappa shape index (κ1) is 10.3. The van der Waals surface area contributed by atoms with Crippen LogP contribution in [0.5, 0.6) is 0 Å². The number of allylic oxidation sites excluding steroid dienone is 2. The van der Waals surface area contributed by atoms with E-state index in [2.05, 4.69) is 31.8 Å². The minimum absolute atomic E-state index is 0.515. The number of rotatable bonds is 3. The molecule has 0 bridgehead atoms. The molecule has 1 heterocycles. The van der Waals surface area contributed by atoms with E-state index < -0.39 is 0 Å². The first-order valence-corrected chi connectivity index (χ1v) is 5.44. The van der Waals surface area contributed by atoms with E-state index in [9.17, 15) is 0 Å². The molecule has 0 aliphatic rings. The van der Waals surface area contributed by atoms with Crippen molar-refractivity contribution in [2.75, 3.05) is 5.73 Å². The second-order valence-electron chi connectivity index (χ2n) is 3.29. The van der Waals surface area contributed by atoms with Gasteiger partial charge in [0.05, 0.1) is 5.69 Å². The van der Waals surface area contributed by atoms with Crippen molar-refractivity contribution in [3.8, 4) is 0 Å². The molecule has 0 fully saturated rings. The quantitative estimate of drug-likeness (QED) is 0.806. The van der Waals surface area contributed by atoms with Crippen molar-refractivity contribution < 1.29 is 0 Å². The molecule has 2 N–H and O–H groups in total. The number of hydrogen-bond donors (Lipinski definition) is 1. The van der Waals surface area contributed by atoms with Crippen LogP contribution >= 0.6 is 11.3 Å². The molecule has 0 amide bonds. The van der Waals surface area contributed by atoms with Crippen molar-refractivity contribution in [1.29, 1.82) is 0 Å². The highest BCUT2D eigenvalue weighted by Crippen LogP contribution is 2.25. The van der Waals surface area contributed by atoms with E-state index in [1.165, 1.54) is 16.9 Å². The van der Waals surface area contributed by atoms with Gasteiger partial charge in [0.1, 0.15) is 0 Å². The molecular weight excluding hydrogens is 180 g/mol. The minimum Gasteiger partial charge on any atom is -0.375 e. The Balaban J connectivity index is 2.95. The van der Waals surface area contributed by atoms with Crippen LogP contribution in [0.3, 0.4) is 0 Å². The Labute approximate surface area is 83.5 Å². The van der Waals surface area contributed by atoms with Crippen LogP contribution in [0.2, 0.25) is 0 Å². The Morgan fingerprint density at radius 1 is 1.69 bits per heavy atom. The van der Waals surface area contributed by atoms with Crippen LogP contribution in [0.25, 0.3) is 5.57 Å². The van der Waals surface area contributed by atoms with Crippen LogP contribution in [0.1, 0.15) is 32.9 Å². The van der Waals surface area contributed by atoms with Gasteiger partial charge in [-0.05, 0) is 17.9 Å². The minimum atomic E-state index is 0.515. The van der Waals surface area contributed by atoms with Crippen LogP contribution in [-0.2, 0) is 0 Å². The van der Waals surface area contributed by atoms with E-state index in [0.717, 1.165) is 12.1 Å². The van der Waals surface area contributed by atoms with E-state index in [0.29, 0.717) is 11.0 Å². The second kappa shape index (κ2) is 4.42. The molecule has 72 valence electrons. The topological polar surface area (TPSA) is 38.9 Å². The van der Waals surface area contributed by atoms with Crippen molar-refractivity contribution in [3.63, 3.8) is 0 Å². The maximum absolute atomic E-state index is 5.59. The number of anilines is 1. The lowest BCUT2D eigenvalue weighted by Crippen LogP contribution is -1.94. The fraction of sp³-hybridized carbons (Fsp3) is 0.500. The first-order chi connectivity index (χ1) is 6.15. The van der Waals surface area contributed by atoms with Gasteiger partial charge >= 0.3 is 0 Å². The summed E-state index contributed by atoms with van der Waals surface area (Å²) in [4.78, 5) is 4.28. The van der Waals surface area contributed by atoms with Gasteiger partial charge in [-0.3, -0.25) is 0 Å². The Morgan fingerprint density at radius 3 is 2.77 bits per heavy atom. The molecule has 13 heavy (non-hydrogen) atoms. The molecule has 0 aliphatic carbocycles. The highest BCUT2D eigenvalue weighted by molar-refractivity contribution is 7.13. The third kappa shape index (κ3) is 2.56. The van der Waals surface area contributed by atoms with Crippen LogP contribution in [-0.4, -0.2) is 4.98 Å². The maximum Gasteiger partial charge on any atom is 0.180 e. The molecule has 0 saturated carbocycles. The monoisotopic (exact) mass is 196 g/mol. The summed E-state index contributed by atoms with van der Waals surface area (Å²) in [6, 6.07) is 0. The fourth-order valence-electron chi connectivity index (χ4n) is 1.28. The van der Waals surface area contributed by atoms with Gasteiger partial charge in [0, 0.05) is 5.38 Å². The smallest absolute Gasteiger partial charge is 0.180 e. The summed E-state index contributed by atoms with van der Waals surface area (Å²) in [7, 11) is 0. The van der Waals surface area contributed by atoms with Gasteiger partial charge in [0.2, 0.25) is 0 Å². The largest absolute Gasteiger partial charge is 0.375 e. The van der Waals surface area contributed by atoms with Gasteiger partial charge in [0.25, 0.3) is 0 Å². The predicted molar refractivity (Wildman–Crippen MR) is 59.6 cm³/mol. The number of nitrogen functional groups attached to an aromatic ring is 1. The molecule has 0 aliphatic heterocycles. The molecule has 0 spiro atoms. The number of aromatic nitrogens is 1. The third-order valence-electron chi connectivity index (χ3n) is 1.86. The van der Waals surface area contributed by atoms with Crippen LogP contribution in [0.4, 0.5) is 5.13 Å².